The Balaban J connectivity index is 2.57. The summed E-state index contributed by atoms with van der Waals surface area (Å²) in [5.41, 5.74) is 1.32. The number of fused-ring (bicyclic) bond motifs is 3. The number of hydrogen-bond donors (Lipinski definition) is 1. The average molecular weight is 356 g/mol. The number of phenolic OH excluding ortho intramolecular Hbond substituents is 1. The van der Waals surface area contributed by atoms with Crippen molar-refractivity contribution < 1.29 is 33.4 Å². The molecule has 0 bridgehead atoms. The lowest BCUT2D eigenvalue weighted by Crippen LogP contribution is -2.12. The molecule has 0 amide bonds. The van der Waals surface area contributed by atoms with Crippen LogP contribution in [-0.4, -0.2) is 37.0 Å². The van der Waals surface area contributed by atoms with Crippen LogP contribution in [0.4, 0.5) is 0 Å². The maximum Gasteiger partial charge on any atom is 0.339 e. The highest BCUT2D eigenvalue weighted by molar-refractivity contribution is 6.21. The van der Waals surface area contributed by atoms with Gasteiger partial charge in [-0.25, -0.2) is 9.59 Å². The highest BCUT2D eigenvalue weighted by Crippen LogP contribution is 2.38. The summed E-state index contributed by atoms with van der Waals surface area (Å²) < 4.78 is 15.4. The fraction of sp³-hybridized carbons (Fsp3) is 0.211. The van der Waals surface area contributed by atoms with E-state index in [1.54, 1.807) is 6.92 Å². The number of phenols is 1. The smallest absolute Gasteiger partial charge is 0.339 e. The predicted octanol–water partition coefficient (Wildman–Crippen LogP) is 3.38. The molecule has 1 heterocycles. The second kappa shape index (κ2) is 6.18. The number of carbonyl (C=O) groups excluding carboxylic acids is 3. The van der Waals surface area contributed by atoms with Crippen molar-refractivity contribution in [1.29, 1.82) is 0 Å². The zero-order chi connectivity index (χ0) is 19.2. The number of methoxy groups -OCH3 is 2. The molecule has 0 aliphatic carbocycles. The Morgan fingerprint density at radius 1 is 1.00 bits per heavy atom. The van der Waals surface area contributed by atoms with Crippen molar-refractivity contribution in [2.24, 2.45) is 0 Å². The number of Topliss-reactive ketones (excluding diaryl/α,β-unsaturated/α-hetero) is 1. The molecule has 26 heavy (non-hydrogen) atoms. The van der Waals surface area contributed by atoms with Crippen LogP contribution >= 0.6 is 0 Å². The number of ether oxygens (including phenoxy) is 2. The van der Waals surface area contributed by atoms with Crippen LogP contribution in [0.15, 0.2) is 22.6 Å². The summed E-state index contributed by atoms with van der Waals surface area (Å²) >= 11 is 0. The maximum absolute atomic E-state index is 12.4. The second-order valence-corrected chi connectivity index (χ2v) is 5.83. The van der Waals surface area contributed by atoms with Crippen LogP contribution in [0.25, 0.3) is 21.9 Å². The second-order valence-electron chi connectivity index (χ2n) is 5.83. The van der Waals surface area contributed by atoms with E-state index < -0.39 is 11.9 Å². The molecular weight excluding hydrogens is 340 g/mol. The maximum atomic E-state index is 12.4. The van der Waals surface area contributed by atoms with Crippen LogP contribution in [0.1, 0.15) is 43.6 Å². The molecule has 1 N–H and O–H groups in total. The Morgan fingerprint density at radius 3 is 2.23 bits per heavy atom. The number of benzene rings is 2. The molecule has 7 nitrogen and oxygen atoms in total. The third kappa shape index (κ3) is 2.48. The van der Waals surface area contributed by atoms with Crippen molar-refractivity contribution in [2.45, 2.75) is 13.8 Å². The van der Waals surface area contributed by atoms with E-state index in [1.807, 2.05) is 0 Å². The lowest BCUT2D eigenvalue weighted by Gasteiger charge is -2.09. The Hall–Kier alpha value is -3.35. The van der Waals surface area contributed by atoms with Crippen molar-refractivity contribution in [2.75, 3.05) is 14.2 Å². The van der Waals surface area contributed by atoms with Crippen molar-refractivity contribution in [3.05, 3.63) is 40.5 Å². The highest BCUT2D eigenvalue weighted by atomic mass is 16.5. The monoisotopic (exact) mass is 356 g/mol. The first-order valence-corrected chi connectivity index (χ1v) is 7.70. The van der Waals surface area contributed by atoms with E-state index in [0.717, 1.165) is 0 Å². The molecule has 0 radical (unpaired) electrons. The minimum absolute atomic E-state index is 0.0149. The summed E-state index contributed by atoms with van der Waals surface area (Å²) in [5.74, 6) is -2.01. The van der Waals surface area contributed by atoms with Gasteiger partial charge in [0.25, 0.3) is 0 Å². The van der Waals surface area contributed by atoms with Gasteiger partial charge < -0.3 is 19.0 Å². The highest BCUT2D eigenvalue weighted by Gasteiger charge is 2.27. The summed E-state index contributed by atoms with van der Waals surface area (Å²) in [6.45, 7) is 3.03. The number of esters is 2. The molecule has 2 aromatic carbocycles. The van der Waals surface area contributed by atoms with Gasteiger partial charge in [0.2, 0.25) is 0 Å². The fourth-order valence-corrected chi connectivity index (χ4v) is 3.01. The molecular formula is C19H16O7. The Labute approximate surface area is 148 Å². The molecule has 134 valence electrons. The normalized spacial score (nSPS) is 10.9. The fourth-order valence-electron chi connectivity index (χ4n) is 3.01. The largest absolute Gasteiger partial charge is 0.507 e. The van der Waals surface area contributed by atoms with E-state index in [-0.39, 0.29) is 33.8 Å². The first kappa shape index (κ1) is 17.5. The SMILES string of the molecule is COC(=O)c1cc(C)c2oc3cc(O)c(C(C)=O)cc3c2c1C(=O)OC. The van der Waals surface area contributed by atoms with Crippen molar-refractivity contribution in [3.63, 3.8) is 0 Å². The number of carbonyl (C=O) groups is 3. The number of aromatic hydroxyl groups is 1. The van der Waals surface area contributed by atoms with Crippen LogP contribution < -0.4 is 0 Å². The van der Waals surface area contributed by atoms with Crippen LogP contribution in [-0.2, 0) is 9.47 Å². The standard InChI is InChI=1S/C19H16O7/c1-8-5-12(18(22)24-3)16(19(23)25-4)15-11-6-10(9(2)20)13(21)7-14(11)26-17(8)15/h5-7,21H,1-4H3. The van der Waals surface area contributed by atoms with Gasteiger partial charge in [0.15, 0.2) is 5.78 Å². The molecule has 0 saturated carbocycles. The van der Waals surface area contributed by atoms with Crippen molar-refractivity contribution >= 4 is 39.7 Å². The predicted molar refractivity (Wildman–Crippen MR) is 92.8 cm³/mol. The van der Waals surface area contributed by atoms with E-state index >= 15 is 0 Å². The van der Waals surface area contributed by atoms with E-state index in [9.17, 15) is 19.5 Å². The molecule has 3 aromatic rings. The zero-order valence-corrected chi connectivity index (χ0v) is 14.6. The molecule has 0 fully saturated rings. The molecule has 0 unspecified atom stereocenters. The van der Waals surface area contributed by atoms with Crippen LogP contribution in [0.2, 0.25) is 0 Å². The van der Waals surface area contributed by atoms with Gasteiger partial charge in [0, 0.05) is 16.8 Å². The lowest BCUT2D eigenvalue weighted by molar-refractivity contribution is 0.0557. The number of rotatable bonds is 3. The molecule has 0 aliphatic rings. The molecule has 7 heteroatoms. The average Bonchev–Trinajstić information content (AvgIpc) is 2.98. The number of furan rings is 1. The van der Waals surface area contributed by atoms with Gasteiger partial charge in [0.05, 0.1) is 30.9 Å². The van der Waals surface area contributed by atoms with E-state index in [4.69, 9.17) is 13.9 Å². The van der Waals surface area contributed by atoms with Gasteiger partial charge in [-0.3, -0.25) is 4.79 Å². The van der Waals surface area contributed by atoms with Crippen LogP contribution in [0.3, 0.4) is 0 Å². The quantitative estimate of drug-likeness (QED) is 0.567. The first-order valence-electron chi connectivity index (χ1n) is 7.70. The third-order valence-corrected chi connectivity index (χ3v) is 4.22. The van der Waals surface area contributed by atoms with E-state index in [2.05, 4.69) is 0 Å². The summed E-state index contributed by atoms with van der Waals surface area (Å²) in [6.07, 6.45) is 0. The molecule has 0 atom stereocenters. The van der Waals surface area contributed by atoms with Gasteiger partial charge >= 0.3 is 11.9 Å². The minimum Gasteiger partial charge on any atom is -0.507 e. The first-order chi connectivity index (χ1) is 12.3. The topological polar surface area (TPSA) is 103 Å². The Kier molecular flexibility index (Phi) is 4.15. The number of aryl methyl sites for hydroxylation is 1. The van der Waals surface area contributed by atoms with Crippen molar-refractivity contribution in [1.82, 2.24) is 0 Å². The molecule has 0 spiro atoms. The summed E-state index contributed by atoms with van der Waals surface area (Å²) in [6, 6.07) is 4.23. The van der Waals surface area contributed by atoms with Gasteiger partial charge in [-0.1, -0.05) is 0 Å². The number of hydrogen-bond acceptors (Lipinski definition) is 7. The van der Waals surface area contributed by atoms with Gasteiger partial charge in [-0.15, -0.1) is 0 Å². The molecule has 3 rings (SSSR count). The Bertz CT molecular complexity index is 1090. The van der Waals surface area contributed by atoms with E-state index in [0.29, 0.717) is 21.9 Å². The summed E-state index contributed by atoms with van der Waals surface area (Å²) in [7, 11) is 2.41. The number of ketones is 1. The minimum atomic E-state index is -0.740. The molecule has 0 aliphatic heterocycles. The molecule has 1 aromatic heterocycles. The van der Waals surface area contributed by atoms with Crippen LogP contribution in [0.5, 0.6) is 5.75 Å². The third-order valence-electron chi connectivity index (χ3n) is 4.22. The lowest BCUT2D eigenvalue weighted by atomic mass is 9.96. The zero-order valence-electron chi connectivity index (χ0n) is 14.6. The van der Waals surface area contributed by atoms with Gasteiger partial charge in [0.1, 0.15) is 16.9 Å². The van der Waals surface area contributed by atoms with Gasteiger partial charge in [-0.05, 0) is 31.5 Å². The van der Waals surface area contributed by atoms with E-state index in [1.165, 1.54) is 39.3 Å². The summed E-state index contributed by atoms with van der Waals surface area (Å²) in [4.78, 5) is 36.4. The molecule has 0 saturated heterocycles. The van der Waals surface area contributed by atoms with Crippen molar-refractivity contribution in [3.8, 4) is 5.75 Å². The van der Waals surface area contributed by atoms with Gasteiger partial charge in [-0.2, -0.15) is 0 Å². The summed E-state index contributed by atoms with van der Waals surface area (Å²) in [5, 5.41) is 10.8. The van der Waals surface area contributed by atoms with Crippen LogP contribution in [0, 0.1) is 6.92 Å². The Morgan fingerprint density at radius 2 is 1.65 bits per heavy atom.